The predicted octanol–water partition coefficient (Wildman–Crippen LogP) is 1.77. The molecule has 4 nitrogen and oxygen atoms in total. The number of hydrogen-bond acceptors (Lipinski definition) is 4. The first-order valence-corrected chi connectivity index (χ1v) is 6.94. The fourth-order valence-electron chi connectivity index (χ4n) is 2.02. The molecular weight excluding hydrogens is 234 g/mol. The van der Waals surface area contributed by atoms with Crippen molar-refractivity contribution in [3.63, 3.8) is 0 Å². The van der Waals surface area contributed by atoms with E-state index in [0.717, 1.165) is 24.4 Å². The van der Waals surface area contributed by atoms with Crippen LogP contribution in [0.25, 0.3) is 0 Å². The molecule has 2 rings (SSSR count). The molecule has 2 N–H and O–H groups in total. The third-order valence-corrected chi connectivity index (χ3v) is 4.09. The van der Waals surface area contributed by atoms with Crippen LogP contribution in [0.15, 0.2) is 6.20 Å². The van der Waals surface area contributed by atoms with Gasteiger partial charge < -0.3 is 10.6 Å². The predicted molar refractivity (Wildman–Crippen MR) is 69.1 cm³/mol. The van der Waals surface area contributed by atoms with Gasteiger partial charge in [0.05, 0.1) is 12.1 Å². The quantitative estimate of drug-likeness (QED) is 0.863. The molecule has 0 bridgehead atoms. The minimum absolute atomic E-state index is 0.00456. The Bertz CT molecular complexity index is 385. The third kappa shape index (κ3) is 3.26. The molecule has 1 unspecified atom stereocenters. The molecule has 0 spiro atoms. The van der Waals surface area contributed by atoms with Crippen molar-refractivity contribution in [2.24, 2.45) is 0 Å². The minimum Gasteiger partial charge on any atom is -0.346 e. The zero-order valence-electron chi connectivity index (χ0n) is 10.3. The average Bonchev–Trinajstić information content (AvgIpc) is 2.77. The molecule has 2 atom stereocenters. The van der Waals surface area contributed by atoms with Crippen LogP contribution in [0.1, 0.15) is 42.1 Å². The van der Waals surface area contributed by atoms with Crippen molar-refractivity contribution in [3.05, 3.63) is 16.1 Å². The molecule has 5 heteroatoms. The molecule has 1 saturated heterocycles. The van der Waals surface area contributed by atoms with E-state index in [1.807, 2.05) is 20.0 Å². The number of carbonyl (C=O) groups excluding carboxylic acids is 1. The molecule has 0 radical (unpaired) electrons. The number of hydrogen-bond donors (Lipinski definition) is 2. The Kier molecular flexibility index (Phi) is 4.12. The molecule has 1 aromatic heterocycles. The Labute approximate surface area is 106 Å². The van der Waals surface area contributed by atoms with Crippen molar-refractivity contribution in [2.75, 3.05) is 6.54 Å². The molecule has 94 valence electrons. The van der Waals surface area contributed by atoms with Crippen molar-refractivity contribution in [2.45, 2.75) is 45.2 Å². The highest BCUT2D eigenvalue weighted by molar-refractivity contribution is 7.11. The van der Waals surface area contributed by atoms with Crippen molar-refractivity contribution in [3.8, 4) is 0 Å². The maximum Gasteiger partial charge on any atom is 0.237 e. The highest BCUT2D eigenvalue weighted by atomic mass is 32.1. The van der Waals surface area contributed by atoms with Crippen LogP contribution in [0.5, 0.6) is 0 Å². The van der Waals surface area contributed by atoms with Crippen LogP contribution in [0.2, 0.25) is 0 Å². The molecule has 0 saturated carbocycles. The molecule has 1 aromatic rings. The van der Waals surface area contributed by atoms with Gasteiger partial charge in [-0.2, -0.15) is 0 Å². The number of nitrogens with one attached hydrogen (secondary N) is 2. The van der Waals surface area contributed by atoms with Gasteiger partial charge in [0.15, 0.2) is 0 Å². The van der Waals surface area contributed by atoms with E-state index in [0.29, 0.717) is 0 Å². The van der Waals surface area contributed by atoms with E-state index in [1.54, 1.807) is 11.3 Å². The largest absolute Gasteiger partial charge is 0.346 e. The SMILES string of the molecule is Cc1cnc(C(C)NC(=O)[C@H]2CCCCN2)s1. The summed E-state index contributed by atoms with van der Waals surface area (Å²) in [6.07, 6.45) is 5.10. The number of piperidine rings is 1. The van der Waals surface area contributed by atoms with E-state index in [1.165, 1.54) is 11.3 Å². The van der Waals surface area contributed by atoms with E-state index >= 15 is 0 Å². The second-order valence-electron chi connectivity index (χ2n) is 4.54. The summed E-state index contributed by atoms with van der Waals surface area (Å²) in [5.41, 5.74) is 0. The number of rotatable bonds is 3. The Morgan fingerprint density at radius 3 is 3.06 bits per heavy atom. The van der Waals surface area contributed by atoms with Gasteiger partial charge >= 0.3 is 0 Å². The number of carbonyl (C=O) groups is 1. The van der Waals surface area contributed by atoms with Crippen molar-refractivity contribution in [1.29, 1.82) is 0 Å². The highest BCUT2D eigenvalue weighted by Gasteiger charge is 2.22. The van der Waals surface area contributed by atoms with Gasteiger partial charge in [0, 0.05) is 11.1 Å². The van der Waals surface area contributed by atoms with Crippen molar-refractivity contribution >= 4 is 17.2 Å². The number of thiazole rings is 1. The first kappa shape index (κ1) is 12.5. The molecule has 17 heavy (non-hydrogen) atoms. The van der Waals surface area contributed by atoms with Crippen molar-refractivity contribution in [1.82, 2.24) is 15.6 Å². The summed E-state index contributed by atoms with van der Waals surface area (Å²) in [7, 11) is 0. The van der Waals surface area contributed by atoms with Crippen LogP contribution in [-0.2, 0) is 4.79 Å². The normalized spacial score (nSPS) is 22.1. The van der Waals surface area contributed by atoms with Gasteiger partial charge in [-0.05, 0) is 33.2 Å². The highest BCUT2D eigenvalue weighted by Crippen LogP contribution is 2.19. The smallest absolute Gasteiger partial charge is 0.237 e. The summed E-state index contributed by atoms with van der Waals surface area (Å²) in [4.78, 5) is 17.5. The average molecular weight is 253 g/mol. The molecule has 0 aliphatic carbocycles. The van der Waals surface area contributed by atoms with E-state index in [4.69, 9.17) is 0 Å². The fraction of sp³-hybridized carbons (Fsp3) is 0.667. The van der Waals surface area contributed by atoms with Crippen LogP contribution in [0, 0.1) is 6.92 Å². The van der Waals surface area contributed by atoms with Gasteiger partial charge in [-0.1, -0.05) is 6.42 Å². The standard InChI is InChI=1S/C12H19N3OS/c1-8-7-14-12(17-8)9(2)15-11(16)10-5-3-4-6-13-10/h7,9-10,13H,3-6H2,1-2H3,(H,15,16)/t9?,10-/m1/s1. The van der Waals surface area contributed by atoms with Gasteiger partial charge in [-0.15, -0.1) is 11.3 Å². The van der Waals surface area contributed by atoms with E-state index < -0.39 is 0 Å². The zero-order chi connectivity index (χ0) is 12.3. The fourth-order valence-corrected chi connectivity index (χ4v) is 2.80. The Morgan fingerprint density at radius 1 is 1.65 bits per heavy atom. The maximum atomic E-state index is 12.0. The zero-order valence-corrected chi connectivity index (χ0v) is 11.1. The summed E-state index contributed by atoms with van der Waals surface area (Å²) in [5.74, 6) is 0.102. The van der Waals surface area contributed by atoms with Gasteiger partial charge in [0.25, 0.3) is 0 Å². The molecule has 1 aliphatic rings. The van der Waals surface area contributed by atoms with Crippen LogP contribution >= 0.6 is 11.3 Å². The summed E-state index contributed by atoms with van der Waals surface area (Å²) in [5, 5.41) is 7.26. The van der Waals surface area contributed by atoms with Crippen LogP contribution < -0.4 is 10.6 Å². The topological polar surface area (TPSA) is 54.0 Å². The monoisotopic (exact) mass is 253 g/mol. The molecule has 1 fully saturated rings. The molecule has 2 heterocycles. The van der Waals surface area contributed by atoms with Gasteiger partial charge in [0.2, 0.25) is 5.91 Å². The lowest BCUT2D eigenvalue weighted by molar-refractivity contribution is -0.124. The maximum absolute atomic E-state index is 12.0. The van der Waals surface area contributed by atoms with E-state index in [2.05, 4.69) is 15.6 Å². The third-order valence-electron chi connectivity index (χ3n) is 3.00. The van der Waals surface area contributed by atoms with Crippen LogP contribution in [0.4, 0.5) is 0 Å². The molecule has 1 aliphatic heterocycles. The number of amides is 1. The molecular formula is C12H19N3OS. The van der Waals surface area contributed by atoms with E-state index in [9.17, 15) is 4.79 Å². The lowest BCUT2D eigenvalue weighted by Gasteiger charge is -2.24. The van der Waals surface area contributed by atoms with E-state index in [-0.39, 0.29) is 18.0 Å². The lowest BCUT2D eigenvalue weighted by Crippen LogP contribution is -2.47. The van der Waals surface area contributed by atoms with Gasteiger partial charge in [0.1, 0.15) is 5.01 Å². The second kappa shape index (κ2) is 5.60. The number of aromatic nitrogens is 1. The number of nitrogens with zero attached hydrogens (tertiary/aromatic N) is 1. The Balaban J connectivity index is 1.89. The molecule has 1 amide bonds. The number of aryl methyl sites for hydroxylation is 1. The Hall–Kier alpha value is -0.940. The minimum atomic E-state index is -0.0211. The molecule has 0 aromatic carbocycles. The Morgan fingerprint density at radius 2 is 2.47 bits per heavy atom. The summed E-state index contributed by atoms with van der Waals surface area (Å²) in [6.45, 7) is 4.96. The lowest BCUT2D eigenvalue weighted by atomic mass is 10.0. The van der Waals surface area contributed by atoms with Crippen LogP contribution in [0.3, 0.4) is 0 Å². The van der Waals surface area contributed by atoms with Gasteiger partial charge in [-0.25, -0.2) is 4.98 Å². The van der Waals surface area contributed by atoms with Crippen molar-refractivity contribution < 1.29 is 4.79 Å². The first-order chi connectivity index (χ1) is 8.16. The summed E-state index contributed by atoms with van der Waals surface area (Å²) >= 11 is 1.64. The van der Waals surface area contributed by atoms with Gasteiger partial charge in [-0.3, -0.25) is 4.79 Å². The van der Waals surface area contributed by atoms with Crippen LogP contribution in [-0.4, -0.2) is 23.5 Å². The first-order valence-electron chi connectivity index (χ1n) is 6.13. The summed E-state index contributed by atoms with van der Waals surface area (Å²) in [6, 6.07) is -0.0165. The second-order valence-corrected chi connectivity index (χ2v) is 5.81. The summed E-state index contributed by atoms with van der Waals surface area (Å²) < 4.78 is 0.